The maximum atomic E-state index is 5.58. The van der Waals surface area contributed by atoms with E-state index in [1.165, 1.54) is 25.7 Å². The Morgan fingerprint density at radius 2 is 2.06 bits per heavy atom. The van der Waals surface area contributed by atoms with E-state index in [2.05, 4.69) is 12.0 Å². The first kappa shape index (κ1) is 13.5. The van der Waals surface area contributed by atoms with Gasteiger partial charge in [-0.25, -0.2) is 4.98 Å². The summed E-state index contributed by atoms with van der Waals surface area (Å²) in [6, 6.07) is 0. The minimum Gasteiger partial charge on any atom is -0.330 e. The Balaban J connectivity index is 1.92. The van der Waals surface area contributed by atoms with Crippen molar-refractivity contribution < 1.29 is 0 Å². The minimum atomic E-state index is 0.617. The molecule has 1 unspecified atom stereocenters. The minimum absolute atomic E-state index is 0.617. The molecule has 1 fully saturated rings. The number of nitrogens with two attached hydrogens (primary N) is 1. The first-order valence-corrected chi connectivity index (χ1v) is 7.30. The summed E-state index contributed by atoms with van der Waals surface area (Å²) in [4.78, 5) is 4.74. The Hall–Kier alpha value is -0.900. The van der Waals surface area contributed by atoms with Crippen molar-refractivity contribution in [2.24, 2.45) is 18.7 Å². The molecule has 0 radical (unpaired) electrons. The van der Waals surface area contributed by atoms with Crippen molar-refractivity contribution in [2.45, 2.75) is 57.8 Å². The van der Waals surface area contributed by atoms with Gasteiger partial charge in [0.05, 0.1) is 0 Å². The summed E-state index contributed by atoms with van der Waals surface area (Å²) in [6.45, 7) is 3.05. The molecule has 1 saturated carbocycles. The second kappa shape index (κ2) is 6.32. The SMILES string of the molecule is CC(CCN)CCc1nc(C2CCCC2)nn1C. The molecular weight excluding hydrogens is 224 g/mol. The lowest BCUT2D eigenvalue weighted by molar-refractivity contribution is 0.487. The molecule has 1 aliphatic rings. The van der Waals surface area contributed by atoms with Crippen molar-refractivity contribution >= 4 is 0 Å². The van der Waals surface area contributed by atoms with Crippen LogP contribution < -0.4 is 5.73 Å². The van der Waals surface area contributed by atoms with E-state index in [0.29, 0.717) is 11.8 Å². The molecule has 4 nitrogen and oxygen atoms in total. The first-order valence-electron chi connectivity index (χ1n) is 7.30. The quantitative estimate of drug-likeness (QED) is 0.843. The van der Waals surface area contributed by atoms with Crippen LogP contribution in [0.2, 0.25) is 0 Å². The predicted octanol–water partition coefficient (Wildman–Crippen LogP) is 2.39. The smallest absolute Gasteiger partial charge is 0.154 e. The number of rotatable bonds is 6. The van der Waals surface area contributed by atoms with E-state index in [9.17, 15) is 0 Å². The molecule has 1 heterocycles. The van der Waals surface area contributed by atoms with E-state index in [-0.39, 0.29) is 0 Å². The highest BCUT2D eigenvalue weighted by molar-refractivity contribution is 5.01. The summed E-state index contributed by atoms with van der Waals surface area (Å²) in [5.41, 5.74) is 5.58. The summed E-state index contributed by atoms with van der Waals surface area (Å²) in [5.74, 6) is 3.52. The zero-order valence-electron chi connectivity index (χ0n) is 11.7. The lowest BCUT2D eigenvalue weighted by Gasteiger charge is -2.08. The summed E-state index contributed by atoms with van der Waals surface area (Å²) >= 11 is 0. The van der Waals surface area contributed by atoms with Crippen LogP contribution in [0.3, 0.4) is 0 Å². The zero-order valence-corrected chi connectivity index (χ0v) is 11.7. The Bertz CT molecular complexity index is 366. The number of aryl methyl sites for hydroxylation is 2. The molecular formula is C14H26N4. The van der Waals surface area contributed by atoms with Crippen LogP contribution in [0.4, 0.5) is 0 Å². The van der Waals surface area contributed by atoms with Gasteiger partial charge in [-0.15, -0.1) is 0 Å². The van der Waals surface area contributed by atoms with E-state index in [1.807, 2.05) is 11.7 Å². The number of nitrogens with zero attached hydrogens (tertiary/aromatic N) is 3. The zero-order chi connectivity index (χ0) is 13.0. The highest BCUT2D eigenvalue weighted by Crippen LogP contribution is 2.32. The molecule has 0 saturated heterocycles. The normalized spacial score (nSPS) is 18.4. The van der Waals surface area contributed by atoms with Crippen molar-refractivity contribution in [3.05, 3.63) is 11.6 Å². The molecule has 0 spiro atoms. The molecule has 1 aromatic heterocycles. The van der Waals surface area contributed by atoms with E-state index in [0.717, 1.165) is 37.5 Å². The fourth-order valence-electron chi connectivity index (χ4n) is 2.82. The standard InChI is InChI=1S/C14H26N4/c1-11(9-10-15)7-8-13-16-14(17-18(13)2)12-5-3-4-6-12/h11-12H,3-10,15H2,1-2H3. The highest BCUT2D eigenvalue weighted by atomic mass is 15.3. The van der Waals surface area contributed by atoms with Gasteiger partial charge in [-0.2, -0.15) is 5.10 Å². The topological polar surface area (TPSA) is 56.7 Å². The fraction of sp³-hybridized carbons (Fsp3) is 0.857. The summed E-state index contributed by atoms with van der Waals surface area (Å²) in [6.07, 6.45) is 8.51. The molecule has 0 amide bonds. The van der Waals surface area contributed by atoms with Crippen molar-refractivity contribution in [2.75, 3.05) is 6.54 Å². The molecule has 1 atom stereocenters. The number of hydrogen-bond acceptors (Lipinski definition) is 3. The molecule has 102 valence electrons. The Morgan fingerprint density at radius 1 is 1.33 bits per heavy atom. The third-order valence-corrected chi connectivity index (χ3v) is 4.11. The monoisotopic (exact) mass is 250 g/mol. The van der Waals surface area contributed by atoms with E-state index in [1.54, 1.807) is 0 Å². The summed E-state index contributed by atoms with van der Waals surface area (Å²) in [7, 11) is 2.02. The van der Waals surface area contributed by atoms with E-state index >= 15 is 0 Å². The molecule has 0 aliphatic heterocycles. The second-order valence-corrected chi connectivity index (χ2v) is 5.71. The van der Waals surface area contributed by atoms with Crippen LogP contribution in [0, 0.1) is 5.92 Å². The molecule has 2 rings (SSSR count). The molecule has 1 aromatic rings. The third-order valence-electron chi connectivity index (χ3n) is 4.11. The van der Waals surface area contributed by atoms with Gasteiger partial charge >= 0.3 is 0 Å². The molecule has 2 N–H and O–H groups in total. The van der Waals surface area contributed by atoms with Crippen LogP contribution in [0.15, 0.2) is 0 Å². The maximum Gasteiger partial charge on any atom is 0.154 e. The van der Waals surface area contributed by atoms with Gasteiger partial charge in [0.25, 0.3) is 0 Å². The molecule has 18 heavy (non-hydrogen) atoms. The van der Waals surface area contributed by atoms with E-state index < -0.39 is 0 Å². The average molecular weight is 250 g/mol. The van der Waals surface area contributed by atoms with Crippen molar-refractivity contribution in [3.63, 3.8) is 0 Å². The third kappa shape index (κ3) is 3.31. The van der Waals surface area contributed by atoms with Crippen LogP contribution in [0.25, 0.3) is 0 Å². The molecule has 0 bridgehead atoms. The van der Waals surface area contributed by atoms with Gasteiger partial charge in [-0.1, -0.05) is 19.8 Å². The van der Waals surface area contributed by atoms with Crippen LogP contribution in [0.5, 0.6) is 0 Å². The highest BCUT2D eigenvalue weighted by Gasteiger charge is 2.22. The lowest BCUT2D eigenvalue weighted by atomic mass is 10.0. The van der Waals surface area contributed by atoms with Gasteiger partial charge < -0.3 is 5.73 Å². The van der Waals surface area contributed by atoms with Gasteiger partial charge in [-0.05, 0) is 38.1 Å². The summed E-state index contributed by atoms with van der Waals surface area (Å²) in [5, 5.41) is 4.60. The van der Waals surface area contributed by atoms with Crippen LogP contribution in [0.1, 0.15) is 63.0 Å². The average Bonchev–Trinajstić information content (AvgIpc) is 2.96. The second-order valence-electron chi connectivity index (χ2n) is 5.71. The van der Waals surface area contributed by atoms with Gasteiger partial charge in [-0.3, -0.25) is 4.68 Å². The Kier molecular flexibility index (Phi) is 4.75. The fourth-order valence-corrected chi connectivity index (χ4v) is 2.82. The van der Waals surface area contributed by atoms with Gasteiger partial charge in [0.15, 0.2) is 5.82 Å². The van der Waals surface area contributed by atoms with Gasteiger partial charge in [0.2, 0.25) is 0 Å². The Labute approximate surface area is 110 Å². The molecule has 1 aliphatic carbocycles. The van der Waals surface area contributed by atoms with Crippen molar-refractivity contribution in [1.82, 2.24) is 14.8 Å². The number of aromatic nitrogens is 3. The van der Waals surface area contributed by atoms with Crippen LogP contribution in [-0.4, -0.2) is 21.3 Å². The van der Waals surface area contributed by atoms with Crippen molar-refractivity contribution in [3.8, 4) is 0 Å². The number of hydrogen-bond donors (Lipinski definition) is 1. The van der Waals surface area contributed by atoms with E-state index in [4.69, 9.17) is 10.7 Å². The van der Waals surface area contributed by atoms with Gasteiger partial charge in [0, 0.05) is 19.4 Å². The van der Waals surface area contributed by atoms with Crippen molar-refractivity contribution in [1.29, 1.82) is 0 Å². The predicted molar refractivity (Wildman–Crippen MR) is 73.4 cm³/mol. The lowest BCUT2D eigenvalue weighted by Crippen LogP contribution is -2.08. The summed E-state index contributed by atoms with van der Waals surface area (Å²) < 4.78 is 1.98. The van der Waals surface area contributed by atoms with Gasteiger partial charge in [0.1, 0.15) is 5.82 Å². The molecule has 0 aromatic carbocycles. The van der Waals surface area contributed by atoms with Crippen LogP contribution >= 0.6 is 0 Å². The largest absolute Gasteiger partial charge is 0.330 e. The molecule has 4 heteroatoms. The maximum absolute atomic E-state index is 5.58. The first-order chi connectivity index (χ1) is 8.70. The van der Waals surface area contributed by atoms with Crippen LogP contribution in [-0.2, 0) is 13.5 Å². The Morgan fingerprint density at radius 3 is 2.72 bits per heavy atom.